The van der Waals surface area contributed by atoms with E-state index >= 15 is 0 Å². The second-order valence-corrected chi connectivity index (χ2v) is 4.66. The molecule has 3 rings (SSSR count). The molecule has 1 aliphatic carbocycles. The lowest BCUT2D eigenvalue weighted by molar-refractivity contribution is -0.0136. The van der Waals surface area contributed by atoms with Crippen molar-refractivity contribution in [1.82, 2.24) is 15.2 Å². The van der Waals surface area contributed by atoms with Crippen LogP contribution in [-0.2, 0) is 4.74 Å². The Hall–Kier alpha value is -1.27. The number of hydrogen-bond donors (Lipinski definition) is 2. The van der Waals surface area contributed by atoms with Crippen LogP contribution in [0.1, 0.15) is 30.9 Å². The van der Waals surface area contributed by atoms with Gasteiger partial charge in [0.1, 0.15) is 0 Å². The van der Waals surface area contributed by atoms with Crippen LogP contribution in [0.3, 0.4) is 0 Å². The summed E-state index contributed by atoms with van der Waals surface area (Å²) in [5, 5.41) is 20.8. The van der Waals surface area contributed by atoms with E-state index in [4.69, 9.17) is 4.74 Å². The Morgan fingerprint density at radius 1 is 1.35 bits per heavy atom. The molecule has 2 atom stereocenters. The third kappa shape index (κ3) is 2.53. The average Bonchev–Trinajstić information content (AvgIpc) is 3.17. The van der Waals surface area contributed by atoms with E-state index < -0.39 is 6.10 Å². The molecule has 1 aliphatic heterocycles. The Kier molecular flexibility index (Phi) is 2.90. The van der Waals surface area contributed by atoms with Gasteiger partial charge in [0.25, 0.3) is 0 Å². The van der Waals surface area contributed by atoms with Gasteiger partial charge in [0, 0.05) is 12.5 Å². The summed E-state index contributed by atoms with van der Waals surface area (Å²) in [4.78, 5) is 4.43. The largest absolute Gasteiger partial charge is 0.389 e. The second-order valence-electron chi connectivity index (χ2n) is 4.66. The van der Waals surface area contributed by atoms with Gasteiger partial charge in [0.05, 0.1) is 30.6 Å². The molecule has 0 spiro atoms. The zero-order valence-electron chi connectivity index (χ0n) is 9.54. The molecule has 0 radical (unpaired) electrons. The summed E-state index contributed by atoms with van der Waals surface area (Å²) in [5.41, 5.74) is 1.00. The fourth-order valence-electron chi connectivity index (χ4n) is 2.01. The molecule has 2 heterocycles. The molecule has 1 saturated heterocycles. The smallest absolute Gasteiger partial charge is 0.243 e. The van der Waals surface area contributed by atoms with Crippen LogP contribution in [0.4, 0.5) is 5.95 Å². The Labute approximate surface area is 99.4 Å². The van der Waals surface area contributed by atoms with E-state index in [1.165, 1.54) is 12.8 Å². The normalized spacial score (nSPS) is 29.0. The molecule has 1 saturated carbocycles. The molecule has 0 unspecified atom stereocenters. The number of ether oxygens (including phenoxy) is 1. The van der Waals surface area contributed by atoms with E-state index in [2.05, 4.69) is 20.5 Å². The molecule has 6 heteroatoms. The maximum Gasteiger partial charge on any atom is 0.243 e. The van der Waals surface area contributed by atoms with Crippen LogP contribution < -0.4 is 5.32 Å². The third-order valence-corrected chi connectivity index (χ3v) is 3.21. The van der Waals surface area contributed by atoms with Crippen LogP contribution in [0.25, 0.3) is 0 Å². The number of aromatic nitrogens is 3. The minimum absolute atomic E-state index is 0.0417. The molecular formula is C11H16N4O2. The first-order valence-corrected chi connectivity index (χ1v) is 6.05. The summed E-state index contributed by atoms with van der Waals surface area (Å²) in [6.45, 7) is 1.03. The van der Waals surface area contributed by atoms with E-state index in [0.29, 0.717) is 25.1 Å². The Balaban J connectivity index is 1.68. The van der Waals surface area contributed by atoms with E-state index in [1.807, 2.05) is 0 Å². The molecule has 1 aromatic rings. The van der Waals surface area contributed by atoms with E-state index in [0.717, 1.165) is 12.1 Å². The van der Waals surface area contributed by atoms with Crippen molar-refractivity contribution in [3.05, 3.63) is 11.9 Å². The molecule has 17 heavy (non-hydrogen) atoms. The van der Waals surface area contributed by atoms with Crippen molar-refractivity contribution in [2.45, 2.75) is 37.3 Å². The molecule has 6 nitrogen and oxygen atoms in total. The lowest BCUT2D eigenvalue weighted by atomic mass is 10.1. The summed E-state index contributed by atoms with van der Waals surface area (Å²) in [6, 6.07) is -0.0417. The number of anilines is 1. The van der Waals surface area contributed by atoms with Crippen LogP contribution >= 0.6 is 0 Å². The van der Waals surface area contributed by atoms with Crippen molar-refractivity contribution < 1.29 is 9.84 Å². The fraction of sp³-hybridized carbons (Fsp3) is 0.727. The standard InChI is InChI=1S/C11H16N4O2/c16-10-6-17-4-3-8(10)13-11-14-9(5-12-15-11)7-1-2-7/h5,7-8,10,16H,1-4,6H2,(H,13,14,15)/t8-,10-/m1/s1. The molecule has 2 aliphatic rings. The quantitative estimate of drug-likeness (QED) is 0.786. The van der Waals surface area contributed by atoms with Crippen molar-refractivity contribution in [2.75, 3.05) is 18.5 Å². The first-order chi connectivity index (χ1) is 8.33. The summed E-state index contributed by atoms with van der Waals surface area (Å²) in [6.07, 6.45) is 4.37. The van der Waals surface area contributed by atoms with Crippen LogP contribution in [0, 0.1) is 0 Å². The summed E-state index contributed by atoms with van der Waals surface area (Å²) in [5.74, 6) is 1.08. The van der Waals surface area contributed by atoms with Gasteiger partial charge < -0.3 is 15.2 Å². The number of nitrogens with zero attached hydrogens (tertiary/aromatic N) is 3. The van der Waals surface area contributed by atoms with Crippen LogP contribution in [0.15, 0.2) is 6.20 Å². The topological polar surface area (TPSA) is 80.2 Å². The average molecular weight is 236 g/mol. The molecule has 1 aromatic heterocycles. The molecule has 0 aromatic carbocycles. The highest BCUT2D eigenvalue weighted by molar-refractivity contribution is 5.27. The number of nitrogens with one attached hydrogen (secondary N) is 1. The molecule has 92 valence electrons. The van der Waals surface area contributed by atoms with E-state index in [-0.39, 0.29) is 6.04 Å². The lowest BCUT2D eigenvalue weighted by Crippen LogP contribution is -2.42. The van der Waals surface area contributed by atoms with Gasteiger partial charge in [-0.3, -0.25) is 0 Å². The summed E-state index contributed by atoms with van der Waals surface area (Å²) in [7, 11) is 0. The SMILES string of the molecule is O[C@@H]1COCC[C@H]1Nc1nncc(C2CC2)n1. The number of rotatable bonds is 3. The minimum atomic E-state index is -0.503. The van der Waals surface area contributed by atoms with Crippen LogP contribution in [0.2, 0.25) is 0 Å². The van der Waals surface area contributed by atoms with Gasteiger partial charge in [0.2, 0.25) is 5.95 Å². The number of aliphatic hydroxyl groups excluding tert-OH is 1. The van der Waals surface area contributed by atoms with Gasteiger partial charge in [0.15, 0.2) is 0 Å². The van der Waals surface area contributed by atoms with Crippen LogP contribution in [0.5, 0.6) is 0 Å². The van der Waals surface area contributed by atoms with Gasteiger partial charge in [-0.1, -0.05) is 0 Å². The number of hydrogen-bond acceptors (Lipinski definition) is 6. The molecule has 2 N–H and O–H groups in total. The van der Waals surface area contributed by atoms with Gasteiger partial charge in [-0.25, -0.2) is 4.98 Å². The van der Waals surface area contributed by atoms with Crippen molar-refractivity contribution in [2.24, 2.45) is 0 Å². The Bertz CT molecular complexity index is 397. The second kappa shape index (κ2) is 4.54. The zero-order valence-corrected chi connectivity index (χ0v) is 9.54. The van der Waals surface area contributed by atoms with E-state index in [9.17, 15) is 5.11 Å². The predicted molar refractivity (Wildman–Crippen MR) is 60.7 cm³/mol. The summed E-state index contributed by atoms with van der Waals surface area (Å²) < 4.78 is 5.18. The molecule has 0 amide bonds. The minimum Gasteiger partial charge on any atom is -0.389 e. The first kappa shape index (κ1) is 10.9. The van der Waals surface area contributed by atoms with Crippen molar-refractivity contribution in [3.63, 3.8) is 0 Å². The predicted octanol–water partition coefficient (Wildman–Crippen LogP) is 0.311. The molecule has 0 bridgehead atoms. The van der Waals surface area contributed by atoms with Crippen LogP contribution in [-0.4, -0.2) is 45.6 Å². The maximum atomic E-state index is 9.76. The summed E-state index contributed by atoms with van der Waals surface area (Å²) >= 11 is 0. The third-order valence-electron chi connectivity index (χ3n) is 3.21. The van der Waals surface area contributed by atoms with Crippen molar-refractivity contribution in [1.29, 1.82) is 0 Å². The zero-order chi connectivity index (χ0) is 11.7. The highest BCUT2D eigenvalue weighted by Crippen LogP contribution is 2.38. The lowest BCUT2D eigenvalue weighted by Gasteiger charge is -2.28. The molecule has 2 fully saturated rings. The van der Waals surface area contributed by atoms with E-state index in [1.54, 1.807) is 6.20 Å². The van der Waals surface area contributed by atoms with Crippen molar-refractivity contribution in [3.8, 4) is 0 Å². The number of aliphatic hydroxyl groups is 1. The van der Waals surface area contributed by atoms with Gasteiger partial charge in [-0.2, -0.15) is 5.10 Å². The maximum absolute atomic E-state index is 9.76. The fourth-order valence-corrected chi connectivity index (χ4v) is 2.01. The Morgan fingerprint density at radius 3 is 3.00 bits per heavy atom. The highest BCUT2D eigenvalue weighted by atomic mass is 16.5. The van der Waals surface area contributed by atoms with Gasteiger partial charge in [-0.15, -0.1) is 5.10 Å². The van der Waals surface area contributed by atoms with Gasteiger partial charge >= 0.3 is 0 Å². The van der Waals surface area contributed by atoms with Crippen molar-refractivity contribution >= 4 is 5.95 Å². The monoisotopic (exact) mass is 236 g/mol. The van der Waals surface area contributed by atoms with Gasteiger partial charge in [-0.05, 0) is 19.3 Å². The molecular weight excluding hydrogens is 220 g/mol. The highest BCUT2D eigenvalue weighted by Gasteiger charge is 2.27. The Morgan fingerprint density at radius 2 is 2.24 bits per heavy atom. The first-order valence-electron chi connectivity index (χ1n) is 6.05.